The fourth-order valence-electron chi connectivity index (χ4n) is 1.65. The molecule has 6 nitrogen and oxygen atoms in total. The summed E-state index contributed by atoms with van der Waals surface area (Å²) in [5, 5.41) is 21.6. The molecule has 2 aromatic heterocycles. The molecule has 1 N–H and O–H groups in total. The van der Waals surface area contributed by atoms with Crippen LogP contribution in [-0.4, -0.2) is 36.5 Å². The zero-order valence-corrected chi connectivity index (χ0v) is 10.5. The molecule has 0 bridgehead atoms. The van der Waals surface area contributed by atoms with Crippen LogP contribution in [-0.2, 0) is 20.0 Å². The van der Waals surface area contributed by atoms with Gasteiger partial charge in [-0.15, -0.1) is 5.10 Å². The van der Waals surface area contributed by atoms with Gasteiger partial charge in [-0.3, -0.25) is 4.68 Å². The van der Waals surface area contributed by atoms with Crippen LogP contribution in [0, 0.1) is 6.92 Å². The number of aliphatic hydroxyl groups is 1. The molecule has 0 radical (unpaired) electrons. The lowest BCUT2D eigenvalue weighted by atomic mass is 10.3. The summed E-state index contributed by atoms with van der Waals surface area (Å²) < 4.78 is 3.43. The van der Waals surface area contributed by atoms with E-state index in [2.05, 4.69) is 15.4 Å². The molecule has 7 heteroatoms. The smallest absolute Gasteiger partial charge is 0.0866 e. The average molecular weight is 256 g/mol. The third-order valence-electron chi connectivity index (χ3n) is 2.53. The minimum Gasteiger partial charge on any atom is -0.396 e. The highest BCUT2D eigenvalue weighted by atomic mass is 35.5. The molecule has 17 heavy (non-hydrogen) atoms. The Morgan fingerprint density at radius 3 is 2.82 bits per heavy atom. The van der Waals surface area contributed by atoms with E-state index in [9.17, 15) is 0 Å². The Kier molecular flexibility index (Phi) is 3.44. The molecular weight excluding hydrogens is 242 g/mol. The number of halogens is 1. The molecule has 0 atom stereocenters. The maximum atomic E-state index is 8.80. The minimum atomic E-state index is 0.0737. The first-order valence-electron chi connectivity index (χ1n) is 5.29. The van der Waals surface area contributed by atoms with Crippen LogP contribution in [0.5, 0.6) is 0 Å². The highest BCUT2D eigenvalue weighted by molar-refractivity contribution is 6.31. The van der Waals surface area contributed by atoms with Crippen LogP contribution in [0.3, 0.4) is 0 Å². The van der Waals surface area contributed by atoms with E-state index < -0.39 is 0 Å². The number of aryl methyl sites for hydroxylation is 2. The van der Waals surface area contributed by atoms with Crippen molar-refractivity contribution >= 4 is 11.6 Å². The van der Waals surface area contributed by atoms with Crippen molar-refractivity contribution in [2.45, 2.75) is 19.9 Å². The molecule has 0 aromatic carbocycles. The Bertz CT molecular complexity index is 519. The molecule has 2 heterocycles. The first-order valence-corrected chi connectivity index (χ1v) is 5.67. The van der Waals surface area contributed by atoms with Crippen LogP contribution in [0.2, 0.25) is 5.02 Å². The normalized spacial score (nSPS) is 11.1. The highest BCUT2D eigenvalue weighted by Gasteiger charge is 2.12. The standard InChI is InChI=1S/C10H14ClN5O/c1-7-10(11)9(15(2)13-7)6-16-5-8(3-4-17)12-14-16/h5,17H,3-4,6H2,1-2H3. The van der Waals surface area contributed by atoms with Gasteiger partial charge in [0.2, 0.25) is 0 Å². The Morgan fingerprint density at radius 1 is 1.47 bits per heavy atom. The van der Waals surface area contributed by atoms with E-state index in [4.69, 9.17) is 16.7 Å². The number of hydrogen-bond acceptors (Lipinski definition) is 4. The molecule has 0 fully saturated rings. The van der Waals surface area contributed by atoms with E-state index >= 15 is 0 Å². The number of aromatic nitrogens is 5. The fourth-order valence-corrected chi connectivity index (χ4v) is 1.87. The topological polar surface area (TPSA) is 68.8 Å². The second-order valence-corrected chi connectivity index (χ2v) is 4.23. The van der Waals surface area contributed by atoms with Crippen molar-refractivity contribution < 1.29 is 5.11 Å². The Labute approximate surface area is 104 Å². The summed E-state index contributed by atoms with van der Waals surface area (Å²) in [6.45, 7) is 2.46. The van der Waals surface area contributed by atoms with Crippen molar-refractivity contribution in [3.05, 3.63) is 28.3 Å². The predicted molar refractivity (Wildman–Crippen MR) is 62.9 cm³/mol. The summed E-state index contributed by atoms with van der Waals surface area (Å²) in [6, 6.07) is 0. The van der Waals surface area contributed by atoms with Gasteiger partial charge >= 0.3 is 0 Å². The van der Waals surface area contributed by atoms with Crippen molar-refractivity contribution in [1.29, 1.82) is 0 Å². The molecule has 0 spiro atoms. The lowest BCUT2D eigenvalue weighted by Gasteiger charge is -2.01. The predicted octanol–water partition coefficient (Wildman–Crippen LogP) is 0.557. The second kappa shape index (κ2) is 4.85. The van der Waals surface area contributed by atoms with Gasteiger partial charge in [-0.2, -0.15) is 5.10 Å². The van der Waals surface area contributed by atoms with Crippen LogP contribution in [0.4, 0.5) is 0 Å². The van der Waals surface area contributed by atoms with Gasteiger partial charge in [0.1, 0.15) is 0 Å². The highest BCUT2D eigenvalue weighted by Crippen LogP contribution is 2.19. The molecule has 0 unspecified atom stereocenters. The lowest BCUT2D eigenvalue weighted by Crippen LogP contribution is -2.06. The van der Waals surface area contributed by atoms with Crippen molar-refractivity contribution in [2.75, 3.05) is 6.61 Å². The molecule has 0 aliphatic rings. The van der Waals surface area contributed by atoms with Crippen LogP contribution in [0.25, 0.3) is 0 Å². The first kappa shape index (κ1) is 12.1. The zero-order valence-electron chi connectivity index (χ0n) is 9.76. The summed E-state index contributed by atoms with van der Waals surface area (Å²) >= 11 is 6.15. The summed E-state index contributed by atoms with van der Waals surface area (Å²) in [7, 11) is 1.85. The number of aliphatic hydroxyl groups excluding tert-OH is 1. The lowest BCUT2D eigenvalue weighted by molar-refractivity contribution is 0.298. The number of hydrogen-bond donors (Lipinski definition) is 1. The minimum absolute atomic E-state index is 0.0737. The van der Waals surface area contributed by atoms with Gasteiger partial charge in [-0.05, 0) is 6.92 Å². The van der Waals surface area contributed by atoms with E-state index in [-0.39, 0.29) is 6.61 Å². The van der Waals surface area contributed by atoms with Gasteiger partial charge in [0.15, 0.2) is 0 Å². The van der Waals surface area contributed by atoms with Gasteiger partial charge in [0.25, 0.3) is 0 Å². The largest absolute Gasteiger partial charge is 0.396 e. The third kappa shape index (κ3) is 2.48. The first-order chi connectivity index (χ1) is 8.11. The molecule has 0 saturated carbocycles. The molecule has 0 amide bonds. The molecule has 92 valence electrons. The van der Waals surface area contributed by atoms with E-state index in [0.29, 0.717) is 18.0 Å². The van der Waals surface area contributed by atoms with E-state index in [1.54, 1.807) is 15.6 Å². The van der Waals surface area contributed by atoms with Crippen molar-refractivity contribution in [2.24, 2.45) is 7.05 Å². The summed E-state index contributed by atoms with van der Waals surface area (Å²) in [5.41, 5.74) is 2.46. The second-order valence-electron chi connectivity index (χ2n) is 3.85. The van der Waals surface area contributed by atoms with Gasteiger partial charge in [-0.25, -0.2) is 4.68 Å². The van der Waals surface area contributed by atoms with Crippen LogP contribution in [0.15, 0.2) is 6.20 Å². The molecule has 2 rings (SSSR count). The molecule has 0 saturated heterocycles. The van der Waals surface area contributed by atoms with E-state index in [0.717, 1.165) is 17.1 Å². The van der Waals surface area contributed by atoms with Crippen molar-refractivity contribution in [3.8, 4) is 0 Å². The van der Waals surface area contributed by atoms with Gasteiger partial charge in [0, 0.05) is 26.3 Å². The summed E-state index contributed by atoms with van der Waals surface area (Å²) in [6.07, 6.45) is 2.31. The van der Waals surface area contributed by atoms with Crippen LogP contribution < -0.4 is 0 Å². The Morgan fingerprint density at radius 2 is 2.24 bits per heavy atom. The number of rotatable bonds is 4. The van der Waals surface area contributed by atoms with Gasteiger partial charge < -0.3 is 5.11 Å². The maximum absolute atomic E-state index is 8.80. The van der Waals surface area contributed by atoms with Crippen molar-refractivity contribution in [1.82, 2.24) is 24.8 Å². The SMILES string of the molecule is Cc1nn(C)c(Cn2cc(CCO)nn2)c1Cl. The molecule has 0 aliphatic heterocycles. The molecule has 0 aliphatic carbocycles. The number of nitrogens with zero attached hydrogens (tertiary/aromatic N) is 5. The van der Waals surface area contributed by atoms with Crippen LogP contribution >= 0.6 is 11.6 Å². The Hall–Kier alpha value is -1.40. The van der Waals surface area contributed by atoms with Crippen molar-refractivity contribution in [3.63, 3.8) is 0 Å². The summed E-state index contributed by atoms with van der Waals surface area (Å²) in [5.74, 6) is 0. The molecular formula is C10H14ClN5O. The third-order valence-corrected chi connectivity index (χ3v) is 3.02. The zero-order chi connectivity index (χ0) is 12.4. The Balaban J connectivity index is 2.19. The van der Waals surface area contributed by atoms with Crippen LogP contribution in [0.1, 0.15) is 17.1 Å². The average Bonchev–Trinajstić information content (AvgIpc) is 2.81. The quantitative estimate of drug-likeness (QED) is 0.867. The van der Waals surface area contributed by atoms with E-state index in [1.807, 2.05) is 14.0 Å². The fraction of sp³-hybridized carbons (Fsp3) is 0.500. The van der Waals surface area contributed by atoms with Gasteiger partial charge in [-0.1, -0.05) is 16.8 Å². The van der Waals surface area contributed by atoms with E-state index in [1.165, 1.54) is 0 Å². The maximum Gasteiger partial charge on any atom is 0.0866 e. The van der Waals surface area contributed by atoms with Gasteiger partial charge in [0.05, 0.1) is 28.6 Å². The monoisotopic (exact) mass is 255 g/mol. The summed E-state index contributed by atoms with van der Waals surface area (Å²) in [4.78, 5) is 0. The molecule has 2 aromatic rings.